The average Bonchev–Trinajstić information content (AvgIpc) is 3.51. The molecule has 2 saturated heterocycles. The highest BCUT2D eigenvalue weighted by Crippen LogP contribution is 2.35. The number of aromatic nitrogens is 4. The van der Waals surface area contributed by atoms with Crippen molar-refractivity contribution in [2.75, 3.05) is 69.0 Å². The summed E-state index contributed by atoms with van der Waals surface area (Å²) in [5, 5.41) is 14.6. The predicted molar refractivity (Wildman–Crippen MR) is 174 cm³/mol. The van der Waals surface area contributed by atoms with Crippen molar-refractivity contribution in [1.82, 2.24) is 30.0 Å². The van der Waals surface area contributed by atoms with Crippen molar-refractivity contribution < 1.29 is 9.29 Å². The number of para-hydroxylation sites is 1. The summed E-state index contributed by atoms with van der Waals surface area (Å²) in [4.78, 5) is 17.7. The summed E-state index contributed by atoms with van der Waals surface area (Å²) in [6.45, 7) is 10.6. The molecule has 3 N–H and O–H groups in total. The van der Waals surface area contributed by atoms with E-state index in [0.29, 0.717) is 23.5 Å². The van der Waals surface area contributed by atoms with Gasteiger partial charge in [0.25, 0.3) is 0 Å². The highest BCUT2D eigenvalue weighted by atomic mass is 32.2. The number of hydrogen-bond donors (Lipinski definition) is 3. The number of hydrogen-bond acceptors (Lipinski definition) is 10. The third-order valence-electron chi connectivity index (χ3n) is 8.41. The van der Waals surface area contributed by atoms with Gasteiger partial charge < -0.3 is 29.7 Å². The lowest BCUT2D eigenvalue weighted by molar-refractivity contribution is 0.0982. The third-order valence-corrected chi connectivity index (χ3v) is 10.1. The zero-order valence-corrected chi connectivity index (χ0v) is 26.2. The Labute approximate surface area is 256 Å². The first-order valence-corrected chi connectivity index (χ1v) is 16.2. The number of likely N-dealkylation sites (N-methyl/N-ethyl adjacent to an activating group) is 1. The molecule has 0 spiro atoms. The lowest BCUT2D eigenvalue weighted by Gasteiger charge is -2.42. The third kappa shape index (κ3) is 6.52. The summed E-state index contributed by atoms with van der Waals surface area (Å²) in [7, 11) is 3.89. The second-order valence-electron chi connectivity index (χ2n) is 11.6. The fourth-order valence-electron chi connectivity index (χ4n) is 5.89. The monoisotopic (exact) mass is 603 g/mol. The number of rotatable bonds is 9. The van der Waals surface area contributed by atoms with Crippen molar-refractivity contribution >= 4 is 51.0 Å². The Balaban J connectivity index is 1.19. The number of methoxy groups -OCH3 is 1. The molecule has 0 radical (unpaired) electrons. The van der Waals surface area contributed by atoms with Crippen LogP contribution in [0.25, 0.3) is 11.0 Å². The van der Waals surface area contributed by atoms with Crippen molar-refractivity contribution in [2.45, 2.75) is 42.9 Å². The van der Waals surface area contributed by atoms with Gasteiger partial charge in [0, 0.05) is 57.1 Å². The Bertz CT molecular complexity index is 1530. The first kappa shape index (κ1) is 29.5. The van der Waals surface area contributed by atoms with Crippen LogP contribution < -0.4 is 20.3 Å². The lowest BCUT2D eigenvalue weighted by atomic mass is 10.0. The Kier molecular flexibility index (Phi) is 8.89. The molecule has 6 rings (SSSR count). The molecule has 12 heteroatoms. The molecule has 4 aromatic rings. The Morgan fingerprint density at radius 1 is 0.977 bits per heavy atom. The van der Waals surface area contributed by atoms with Gasteiger partial charge in [-0.25, -0.2) is 0 Å². The second kappa shape index (κ2) is 13.0. The second-order valence-corrected chi connectivity index (χ2v) is 13.5. The van der Waals surface area contributed by atoms with Gasteiger partial charge in [-0.05, 0) is 69.2 Å². The maximum Gasteiger partial charge on any atom is 0.231 e. The molecule has 0 aliphatic carbocycles. The number of piperazine rings is 1. The zero-order valence-electron chi connectivity index (χ0n) is 25.3. The van der Waals surface area contributed by atoms with Crippen molar-refractivity contribution in [3.05, 3.63) is 48.7 Å². The van der Waals surface area contributed by atoms with E-state index < -0.39 is 11.2 Å². The van der Waals surface area contributed by atoms with Crippen LogP contribution in [0.5, 0.6) is 5.75 Å². The van der Waals surface area contributed by atoms with Gasteiger partial charge in [-0.3, -0.25) is 10.00 Å². The summed E-state index contributed by atoms with van der Waals surface area (Å²) >= 11 is -1.16. The Morgan fingerprint density at radius 2 is 1.74 bits per heavy atom. The van der Waals surface area contributed by atoms with E-state index in [0.717, 1.165) is 59.3 Å². The zero-order chi connectivity index (χ0) is 29.9. The number of H-pyrrole nitrogens is 1. The molecule has 43 heavy (non-hydrogen) atoms. The minimum atomic E-state index is -1.16. The molecule has 228 valence electrons. The largest absolute Gasteiger partial charge is 0.611 e. The summed E-state index contributed by atoms with van der Waals surface area (Å²) in [6.07, 6.45) is 4.03. The summed E-state index contributed by atoms with van der Waals surface area (Å²) in [6, 6.07) is 14.5. The van der Waals surface area contributed by atoms with E-state index in [1.807, 2.05) is 44.2 Å². The van der Waals surface area contributed by atoms with E-state index in [-0.39, 0.29) is 5.25 Å². The van der Waals surface area contributed by atoms with Crippen molar-refractivity contribution in [3.8, 4) is 5.75 Å². The average molecular weight is 604 g/mol. The number of nitrogens with one attached hydrogen (secondary N) is 3. The van der Waals surface area contributed by atoms with Crippen LogP contribution in [0, 0.1) is 0 Å². The van der Waals surface area contributed by atoms with Gasteiger partial charge in [0.05, 0.1) is 30.1 Å². The van der Waals surface area contributed by atoms with Crippen LogP contribution >= 0.6 is 0 Å². The fraction of sp³-hybridized carbons (Fsp3) is 0.452. The number of anilines is 5. The molecular formula is C31H41N9O2S. The van der Waals surface area contributed by atoms with Gasteiger partial charge in [0.15, 0.2) is 10.5 Å². The molecular weight excluding hydrogens is 562 g/mol. The number of nitrogens with zero attached hydrogens (tertiary/aromatic N) is 6. The molecule has 2 fully saturated rings. The molecule has 0 bridgehead atoms. The van der Waals surface area contributed by atoms with Crippen LogP contribution in [0.15, 0.2) is 53.6 Å². The smallest absolute Gasteiger partial charge is 0.231 e. The van der Waals surface area contributed by atoms with Crippen LogP contribution in [-0.4, -0.2) is 99.2 Å². The first-order chi connectivity index (χ1) is 20.9. The maximum absolute atomic E-state index is 13.0. The normalized spacial score (nSPS) is 17.9. The van der Waals surface area contributed by atoms with E-state index in [4.69, 9.17) is 9.72 Å². The topological polar surface area (TPSA) is 121 Å². The van der Waals surface area contributed by atoms with Crippen LogP contribution in [0.2, 0.25) is 0 Å². The molecule has 2 aliphatic rings. The molecule has 2 aromatic carbocycles. The molecule has 1 atom stereocenters. The van der Waals surface area contributed by atoms with Crippen molar-refractivity contribution in [3.63, 3.8) is 0 Å². The van der Waals surface area contributed by atoms with E-state index in [2.05, 4.69) is 59.7 Å². The molecule has 0 amide bonds. The van der Waals surface area contributed by atoms with Gasteiger partial charge in [0.2, 0.25) is 5.95 Å². The number of aromatic amines is 1. The highest BCUT2D eigenvalue weighted by molar-refractivity contribution is 7.92. The van der Waals surface area contributed by atoms with Gasteiger partial charge >= 0.3 is 0 Å². The number of fused-ring (bicyclic) bond motifs is 1. The van der Waals surface area contributed by atoms with E-state index in [1.54, 1.807) is 13.3 Å². The van der Waals surface area contributed by atoms with Gasteiger partial charge in [-0.15, -0.1) is 0 Å². The van der Waals surface area contributed by atoms with Crippen molar-refractivity contribution in [1.29, 1.82) is 0 Å². The Hall–Kier alpha value is -3.58. The standard InChI is InChI=1S/C31H41N9O2S/c1-21(2)43(41)28-8-6-5-7-26(28)33-29-24-20-32-37-30(24)36-31(35-29)34-25-10-9-23(19-27(25)42-4)39-13-11-22(12-14-39)40-17-15-38(3)16-18-40/h5-10,19-22H,11-18H2,1-4H3,(H3,32,33,34,35,36,37). The lowest BCUT2D eigenvalue weighted by Crippen LogP contribution is -2.52. The molecule has 0 saturated carbocycles. The summed E-state index contributed by atoms with van der Waals surface area (Å²) in [5.41, 5.74) is 3.24. The molecule has 2 aliphatic heterocycles. The van der Waals surface area contributed by atoms with Gasteiger partial charge in [-0.2, -0.15) is 15.1 Å². The van der Waals surface area contributed by atoms with Crippen LogP contribution in [0.1, 0.15) is 26.7 Å². The number of piperidine rings is 1. The quantitative estimate of drug-likeness (QED) is 0.235. The van der Waals surface area contributed by atoms with E-state index >= 15 is 0 Å². The number of benzene rings is 2. The van der Waals surface area contributed by atoms with Gasteiger partial charge in [0.1, 0.15) is 16.8 Å². The van der Waals surface area contributed by atoms with E-state index in [1.165, 1.54) is 25.9 Å². The summed E-state index contributed by atoms with van der Waals surface area (Å²) < 4.78 is 18.8. The molecule has 11 nitrogen and oxygen atoms in total. The van der Waals surface area contributed by atoms with Crippen LogP contribution in [-0.2, 0) is 11.2 Å². The minimum absolute atomic E-state index is 0.0155. The van der Waals surface area contributed by atoms with E-state index in [9.17, 15) is 4.55 Å². The SMILES string of the molecule is COc1cc(N2CCC(N3CCN(C)CC3)CC2)ccc1Nc1nc(Nc2ccccc2[S+]([O-])C(C)C)c2cn[nH]c2n1. The van der Waals surface area contributed by atoms with Crippen LogP contribution in [0.3, 0.4) is 0 Å². The summed E-state index contributed by atoms with van der Waals surface area (Å²) in [5.74, 6) is 1.67. The highest BCUT2D eigenvalue weighted by Gasteiger charge is 2.27. The fourth-order valence-corrected chi connectivity index (χ4v) is 6.95. The van der Waals surface area contributed by atoms with Crippen LogP contribution in [0.4, 0.5) is 28.8 Å². The number of ether oxygens (including phenoxy) is 1. The molecule has 1 unspecified atom stereocenters. The maximum atomic E-state index is 13.0. The van der Waals surface area contributed by atoms with Crippen molar-refractivity contribution in [2.24, 2.45) is 0 Å². The first-order valence-electron chi connectivity index (χ1n) is 15.0. The minimum Gasteiger partial charge on any atom is -0.611 e. The molecule has 2 aromatic heterocycles. The van der Waals surface area contributed by atoms with Gasteiger partial charge in [-0.1, -0.05) is 12.1 Å². The predicted octanol–water partition coefficient (Wildman–Crippen LogP) is 4.58. The Morgan fingerprint density at radius 3 is 2.49 bits per heavy atom. The molecule has 4 heterocycles.